The summed E-state index contributed by atoms with van der Waals surface area (Å²) in [5.41, 5.74) is 4.59. The average Bonchev–Trinajstić information content (AvgIpc) is 3.67. The predicted molar refractivity (Wildman–Crippen MR) is 116 cm³/mol. The fraction of sp³-hybridized carbons (Fsp3) is 0.545. The number of halogens is 2. The molecule has 0 amide bonds. The summed E-state index contributed by atoms with van der Waals surface area (Å²) in [6, 6.07) is 0.404. The van der Waals surface area contributed by atoms with Gasteiger partial charge < -0.3 is 30.4 Å². The fourth-order valence-electron chi connectivity index (χ4n) is 4.64. The summed E-state index contributed by atoms with van der Waals surface area (Å²) in [4.78, 5) is 26.1. The van der Waals surface area contributed by atoms with Crippen molar-refractivity contribution in [1.29, 1.82) is 0 Å². The first-order valence-electron chi connectivity index (χ1n) is 10.9. The van der Waals surface area contributed by atoms with Crippen molar-refractivity contribution in [3.8, 4) is 5.75 Å². The first-order chi connectivity index (χ1) is 15.3. The van der Waals surface area contributed by atoms with Crippen LogP contribution in [0.1, 0.15) is 42.1 Å². The molecular formula is C22H26F2N4O4. The van der Waals surface area contributed by atoms with Gasteiger partial charge in [-0.05, 0) is 25.7 Å². The number of benzene rings is 1. The molecule has 0 radical (unpaired) electrons. The average molecular weight is 448 g/mol. The molecule has 0 spiro atoms. The summed E-state index contributed by atoms with van der Waals surface area (Å²) >= 11 is 0. The second kappa shape index (κ2) is 7.61. The van der Waals surface area contributed by atoms with Crippen LogP contribution in [-0.4, -0.2) is 54.6 Å². The molecule has 2 atom stereocenters. The van der Waals surface area contributed by atoms with Crippen molar-refractivity contribution in [1.82, 2.24) is 9.88 Å². The number of ether oxygens (including phenoxy) is 1. The van der Waals surface area contributed by atoms with Gasteiger partial charge in [-0.25, -0.2) is 13.6 Å². The van der Waals surface area contributed by atoms with Crippen LogP contribution in [0.15, 0.2) is 11.0 Å². The molecule has 10 heteroatoms. The molecule has 0 unspecified atom stereocenters. The summed E-state index contributed by atoms with van der Waals surface area (Å²) in [6.45, 7) is 0.764. The third kappa shape index (κ3) is 3.37. The van der Waals surface area contributed by atoms with Crippen LogP contribution in [0.2, 0.25) is 0 Å². The van der Waals surface area contributed by atoms with Crippen molar-refractivity contribution in [2.24, 2.45) is 5.92 Å². The third-order valence-corrected chi connectivity index (χ3v) is 6.68. The Morgan fingerprint density at radius 3 is 2.62 bits per heavy atom. The number of rotatable bonds is 7. The number of carbonyl (C=O) groups is 1. The molecule has 172 valence electrons. The monoisotopic (exact) mass is 448 g/mol. The van der Waals surface area contributed by atoms with Crippen LogP contribution in [0, 0.1) is 11.7 Å². The van der Waals surface area contributed by atoms with Crippen molar-refractivity contribution in [3.63, 3.8) is 0 Å². The number of fused-ring (bicyclic) bond motifs is 1. The molecule has 5 rings (SSSR count). The number of methoxy groups -OCH3 is 1. The Morgan fingerprint density at radius 2 is 2.03 bits per heavy atom. The molecule has 4 N–H and O–H groups in total. The number of aromatic nitrogens is 1. The van der Waals surface area contributed by atoms with Gasteiger partial charge in [0, 0.05) is 43.8 Å². The van der Waals surface area contributed by atoms with Crippen molar-refractivity contribution in [2.75, 3.05) is 37.4 Å². The van der Waals surface area contributed by atoms with Crippen LogP contribution < -0.4 is 26.1 Å². The highest BCUT2D eigenvalue weighted by molar-refractivity contribution is 6.03. The van der Waals surface area contributed by atoms with Crippen LogP contribution in [-0.2, 0) is 0 Å². The van der Waals surface area contributed by atoms with Gasteiger partial charge in [0.25, 0.3) is 0 Å². The number of hydrogen-bond donors (Lipinski definition) is 3. The number of alkyl halides is 1. The van der Waals surface area contributed by atoms with Crippen LogP contribution in [0.3, 0.4) is 0 Å². The number of nitrogens with one attached hydrogen (secondary N) is 1. The zero-order valence-corrected chi connectivity index (χ0v) is 17.7. The number of nitrogen functional groups attached to an aromatic ring is 1. The lowest BCUT2D eigenvalue weighted by Gasteiger charge is -2.25. The minimum Gasteiger partial charge on any atom is -0.492 e. The quantitative estimate of drug-likeness (QED) is 0.558. The number of aromatic carboxylic acids is 1. The van der Waals surface area contributed by atoms with E-state index in [1.165, 1.54) is 13.3 Å². The molecule has 1 aromatic carbocycles. The normalized spacial score (nSPS) is 23.2. The molecule has 32 heavy (non-hydrogen) atoms. The van der Waals surface area contributed by atoms with Gasteiger partial charge in [-0.3, -0.25) is 4.79 Å². The maximum Gasteiger partial charge on any atom is 0.341 e. The zero-order valence-electron chi connectivity index (χ0n) is 17.7. The molecule has 3 aliphatic rings. The fourth-order valence-corrected chi connectivity index (χ4v) is 4.64. The minimum absolute atomic E-state index is 0.0177. The van der Waals surface area contributed by atoms with Gasteiger partial charge in [-0.2, -0.15) is 0 Å². The third-order valence-electron chi connectivity index (χ3n) is 6.68. The standard InChI is InChI=1S/C22H26F2N4O4/c1-32-21-18-15(20(29)13(22(30)31)8-28(18)12-4-5-12)17(25)16(24)19(21)27-7-10(14(23)9-27)6-26-11-2-3-11/h8,10-12,14,26H,2-7,9,25H2,1H3,(H,30,31)/t10-,14+/m0/s1. The number of pyridine rings is 1. The van der Waals surface area contributed by atoms with Gasteiger partial charge in [0.2, 0.25) is 5.43 Å². The van der Waals surface area contributed by atoms with E-state index in [9.17, 15) is 19.1 Å². The zero-order chi connectivity index (χ0) is 22.7. The van der Waals surface area contributed by atoms with E-state index >= 15 is 4.39 Å². The molecule has 2 saturated carbocycles. The van der Waals surface area contributed by atoms with E-state index in [0.29, 0.717) is 12.6 Å². The number of nitrogens with two attached hydrogens (primary N) is 1. The molecule has 1 saturated heterocycles. The summed E-state index contributed by atoms with van der Waals surface area (Å²) in [5.74, 6) is -2.52. The van der Waals surface area contributed by atoms with E-state index < -0.39 is 34.6 Å². The predicted octanol–water partition coefficient (Wildman–Crippen LogP) is 2.29. The van der Waals surface area contributed by atoms with Crippen LogP contribution in [0.25, 0.3) is 10.9 Å². The number of hydrogen-bond acceptors (Lipinski definition) is 6. The van der Waals surface area contributed by atoms with Gasteiger partial charge in [-0.1, -0.05) is 0 Å². The molecule has 1 aromatic heterocycles. The van der Waals surface area contributed by atoms with E-state index in [1.54, 1.807) is 9.47 Å². The first kappa shape index (κ1) is 21.0. The Kier molecular flexibility index (Phi) is 4.99. The van der Waals surface area contributed by atoms with Crippen molar-refractivity contribution >= 4 is 28.2 Å². The summed E-state index contributed by atoms with van der Waals surface area (Å²) in [7, 11) is 1.36. The maximum atomic E-state index is 15.6. The first-order valence-corrected chi connectivity index (χ1v) is 10.9. The maximum absolute atomic E-state index is 15.6. The second-order valence-electron chi connectivity index (χ2n) is 9.01. The number of nitrogens with zero attached hydrogens (tertiary/aromatic N) is 2. The second-order valence-corrected chi connectivity index (χ2v) is 9.01. The molecular weight excluding hydrogens is 422 g/mol. The van der Waals surface area contributed by atoms with Crippen LogP contribution in [0.4, 0.5) is 20.2 Å². The summed E-state index contributed by atoms with van der Waals surface area (Å²) < 4.78 is 37.6. The lowest BCUT2D eigenvalue weighted by atomic mass is 10.1. The Balaban J connectivity index is 1.66. The SMILES string of the molecule is COc1c(N2C[C@H](CNC3CC3)[C@H](F)C2)c(F)c(N)c2c(=O)c(C(=O)O)cn(C3CC3)c12. The molecule has 0 bridgehead atoms. The lowest BCUT2D eigenvalue weighted by Crippen LogP contribution is -2.30. The Bertz CT molecular complexity index is 1160. The smallest absolute Gasteiger partial charge is 0.341 e. The topological polar surface area (TPSA) is 110 Å². The van der Waals surface area contributed by atoms with Gasteiger partial charge in [0.05, 0.1) is 23.7 Å². The van der Waals surface area contributed by atoms with E-state index in [1.807, 2.05) is 0 Å². The van der Waals surface area contributed by atoms with Gasteiger partial charge in [0.15, 0.2) is 11.6 Å². The van der Waals surface area contributed by atoms with Crippen molar-refractivity contribution in [2.45, 2.75) is 43.9 Å². The van der Waals surface area contributed by atoms with Crippen LogP contribution >= 0.6 is 0 Å². The largest absolute Gasteiger partial charge is 0.492 e. The highest BCUT2D eigenvalue weighted by atomic mass is 19.1. The molecule has 8 nitrogen and oxygen atoms in total. The summed E-state index contributed by atoms with van der Waals surface area (Å²) in [5, 5.41) is 12.6. The molecule has 2 heterocycles. The number of carboxylic acids is 1. The summed E-state index contributed by atoms with van der Waals surface area (Å²) in [6.07, 6.45) is 3.89. The van der Waals surface area contributed by atoms with E-state index in [-0.39, 0.29) is 47.4 Å². The van der Waals surface area contributed by atoms with Gasteiger partial charge >= 0.3 is 5.97 Å². The Labute approximate surface area is 182 Å². The highest BCUT2D eigenvalue weighted by Crippen LogP contribution is 2.47. The van der Waals surface area contributed by atoms with E-state index in [0.717, 1.165) is 25.7 Å². The lowest BCUT2D eigenvalue weighted by molar-refractivity contribution is 0.0695. The molecule has 2 aromatic rings. The molecule has 2 aliphatic carbocycles. The van der Waals surface area contributed by atoms with Gasteiger partial charge in [0.1, 0.15) is 17.4 Å². The highest BCUT2D eigenvalue weighted by Gasteiger charge is 2.39. The van der Waals surface area contributed by atoms with Crippen molar-refractivity contribution < 1.29 is 23.4 Å². The van der Waals surface area contributed by atoms with E-state index in [4.69, 9.17) is 10.5 Å². The van der Waals surface area contributed by atoms with Crippen LogP contribution in [0.5, 0.6) is 5.75 Å². The number of anilines is 2. The molecule has 1 aliphatic heterocycles. The molecule has 3 fully saturated rings. The minimum atomic E-state index is -1.40. The number of carboxylic acid groups (broad SMARTS) is 1. The van der Waals surface area contributed by atoms with E-state index in [2.05, 4.69) is 5.32 Å². The van der Waals surface area contributed by atoms with Gasteiger partial charge in [-0.15, -0.1) is 0 Å². The van der Waals surface area contributed by atoms with Crippen molar-refractivity contribution in [3.05, 3.63) is 27.8 Å². The Hall–Kier alpha value is -2.88. The Morgan fingerprint density at radius 1 is 1.31 bits per heavy atom.